The van der Waals surface area contributed by atoms with Gasteiger partial charge in [-0.15, -0.1) is 23.1 Å². The van der Waals surface area contributed by atoms with Gasteiger partial charge in [-0.1, -0.05) is 6.07 Å². The maximum Gasteiger partial charge on any atom is 0.274 e. The number of rotatable bonds is 5. The molecule has 1 amide bonds. The third kappa shape index (κ3) is 2.93. The number of thiophene rings is 1. The van der Waals surface area contributed by atoms with Gasteiger partial charge in [-0.25, -0.2) is 9.97 Å². The van der Waals surface area contributed by atoms with Crippen LogP contribution in [-0.2, 0) is 18.6 Å². The summed E-state index contributed by atoms with van der Waals surface area (Å²) in [4.78, 5) is 33.3. The molecule has 0 spiro atoms. The van der Waals surface area contributed by atoms with Gasteiger partial charge in [0.1, 0.15) is 16.2 Å². The lowest BCUT2D eigenvalue weighted by molar-refractivity contribution is -0.385. The highest BCUT2D eigenvalue weighted by Crippen LogP contribution is 2.41. The van der Waals surface area contributed by atoms with Crippen LogP contribution in [0.3, 0.4) is 0 Å². The van der Waals surface area contributed by atoms with Crippen LogP contribution in [-0.4, -0.2) is 20.8 Å². The van der Waals surface area contributed by atoms with Gasteiger partial charge in [0, 0.05) is 33.2 Å². The molecule has 0 unspecified atom stereocenters. The van der Waals surface area contributed by atoms with Crippen molar-refractivity contribution in [3.8, 4) is 0 Å². The van der Waals surface area contributed by atoms with Gasteiger partial charge < -0.3 is 5.73 Å². The molecule has 9 heteroatoms. The summed E-state index contributed by atoms with van der Waals surface area (Å²) in [5, 5.41) is 13.3. The van der Waals surface area contributed by atoms with Crippen LogP contribution in [0.5, 0.6) is 0 Å². The molecule has 1 aliphatic rings. The van der Waals surface area contributed by atoms with Crippen molar-refractivity contribution in [1.29, 1.82) is 0 Å². The number of fused-ring (bicyclic) bond motifs is 3. The monoisotopic (exact) mass is 386 g/mol. The number of primary amides is 1. The minimum absolute atomic E-state index is 0.102. The Labute approximate surface area is 156 Å². The van der Waals surface area contributed by atoms with Crippen LogP contribution in [0.15, 0.2) is 29.6 Å². The normalized spacial score (nSPS) is 13.1. The molecule has 0 bridgehead atoms. The number of nitrogens with zero attached hydrogens (tertiary/aromatic N) is 3. The number of nitrogens with two attached hydrogens (primary N) is 1. The van der Waals surface area contributed by atoms with Gasteiger partial charge in [-0.2, -0.15) is 0 Å². The van der Waals surface area contributed by atoms with Crippen molar-refractivity contribution >= 4 is 44.9 Å². The molecular formula is C17H14N4O3S2. The summed E-state index contributed by atoms with van der Waals surface area (Å²) >= 11 is 3.17. The number of carbonyl (C=O) groups is 1. The lowest BCUT2D eigenvalue weighted by Gasteiger charge is -2.06. The molecule has 0 saturated heterocycles. The molecule has 3 aromatic rings. The van der Waals surface area contributed by atoms with Crippen molar-refractivity contribution in [2.75, 3.05) is 0 Å². The van der Waals surface area contributed by atoms with E-state index < -0.39 is 10.8 Å². The molecule has 2 heterocycles. The molecule has 26 heavy (non-hydrogen) atoms. The van der Waals surface area contributed by atoms with E-state index in [4.69, 9.17) is 5.73 Å². The van der Waals surface area contributed by atoms with Crippen LogP contribution in [0, 0.1) is 10.1 Å². The number of carbonyl (C=O) groups excluding carboxylic acids is 1. The molecule has 2 N–H and O–H groups in total. The number of aryl methyl sites for hydroxylation is 2. The number of nitro groups is 1. The Balaban J connectivity index is 1.67. The maximum atomic E-state index is 11.4. The van der Waals surface area contributed by atoms with Gasteiger partial charge in [-0.3, -0.25) is 14.9 Å². The lowest BCUT2D eigenvalue weighted by Crippen LogP contribution is -2.11. The second kappa shape index (κ2) is 6.65. The highest BCUT2D eigenvalue weighted by molar-refractivity contribution is 7.98. The smallest absolute Gasteiger partial charge is 0.274 e. The summed E-state index contributed by atoms with van der Waals surface area (Å²) in [5.74, 6) is -0.301. The Hall–Kier alpha value is -2.52. The highest BCUT2D eigenvalue weighted by Gasteiger charge is 2.22. The minimum Gasteiger partial charge on any atom is -0.366 e. The zero-order valence-corrected chi connectivity index (χ0v) is 15.2. The molecule has 0 radical (unpaired) electrons. The molecule has 7 nitrogen and oxygen atoms in total. The van der Waals surface area contributed by atoms with Crippen LogP contribution in [0.2, 0.25) is 0 Å². The second-order valence-corrected chi connectivity index (χ2v) is 8.02. The Kier molecular flexibility index (Phi) is 4.33. The van der Waals surface area contributed by atoms with Gasteiger partial charge >= 0.3 is 0 Å². The predicted octanol–water partition coefficient (Wildman–Crippen LogP) is 3.48. The average Bonchev–Trinajstić information content (AvgIpc) is 3.20. The van der Waals surface area contributed by atoms with E-state index in [0.717, 1.165) is 34.5 Å². The third-order valence-corrected chi connectivity index (χ3v) is 6.64. The van der Waals surface area contributed by atoms with Crippen molar-refractivity contribution in [2.45, 2.75) is 30.0 Å². The number of thioether (sulfide) groups is 1. The lowest BCUT2D eigenvalue weighted by atomic mass is 10.1. The van der Waals surface area contributed by atoms with Crippen LogP contribution in [0.1, 0.15) is 32.8 Å². The zero-order valence-electron chi connectivity index (χ0n) is 13.6. The second-order valence-electron chi connectivity index (χ2n) is 5.97. The third-order valence-electron chi connectivity index (χ3n) is 4.40. The van der Waals surface area contributed by atoms with Crippen molar-refractivity contribution in [3.05, 3.63) is 56.2 Å². The van der Waals surface area contributed by atoms with Crippen LogP contribution in [0.4, 0.5) is 5.69 Å². The van der Waals surface area contributed by atoms with Crippen molar-refractivity contribution in [3.63, 3.8) is 0 Å². The topological polar surface area (TPSA) is 112 Å². The molecule has 0 atom stereocenters. The fourth-order valence-electron chi connectivity index (χ4n) is 3.16. The van der Waals surface area contributed by atoms with E-state index >= 15 is 0 Å². The first-order valence-electron chi connectivity index (χ1n) is 7.99. The number of hydrogen-bond donors (Lipinski definition) is 1. The Morgan fingerprint density at radius 3 is 2.96 bits per heavy atom. The fourth-order valence-corrected chi connectivity index (χ4v) is 5.48. The number of aromatic nitrogens is 2. The maximum absolute atomic E-state index is 11.4. The largest absolute Gasteiger partial charge is 0.366 e. The van der Waals surface area contributed by atoms with Crippen LogP contribution < -0.4 is 5.73 Å². The van der Waals surface area contributed by atoms with Crippen molar-refractivity contribution < 1.29 is 9.72 Å². The van der Waals surface area contributed by atoms with Gasteiger partial charge in [-0.05, 0) is 30.9 Å². The summed E-state index contributed by atoms with van der Waals surface area (Å²) in [7, 11) is 0. The van der Waals surface area contributed by atoms with E-state index in [1.165, 1.54) is 34.3 Å². The standard InChI is InChI=1S/C17H14N4O3S2/c18-15(22)9-4-5-10(12(6-9)21(23)24)7-25-16-14-11-2-1-3-13(11)26-17(14)20-8-19-16/h4-6,8H,1-3,7H2,(H2,18,22). The molecule has 132 valence electrons. The number of nitro benzene ring substituents is 1. The molecule has 4 rings (SSSR count). The minimum atomic E-state index is -0.682. The molecule has 0 saturated carbocycles. The van der Waals surface area contributed by atoms with Crippen LogP contribution in [0.25, 0.3) is 10.2 Å². The van der Waals surface area contributed by atoms with Gasteiger partial charge in [0.25, 0.3) is 5.69 Å². The van der Waals surface area contributed by atoms with Crippen molar-refractivity contribution in [1.82, 2.24) is 9.97 Å². The molecular weight excluding hydrogens is 372 g/mol. The Bertz CT molecular complexity index is 1050. The van der Waals surface area contributed by atoms with E-state index in [0.29, 0.717) is 11.3 Å². The van der Waals surface area contributed by atoms with Gasteiger partial charge in [0.05, 0.1) is 4.92 Å². The Morgan fingerprint density at radius 1 is 1.35 bits per heavy atom. The molecule has 1 aliphatic carbocycles. The number of benzene rings is 1. The predicted molar refractivity (Wildman–Crippen MR) is 101 cm³/mol. The summed E-state index contributed by atoms with van der Waals surface area (Å²) in [6, 6.07) is 4.33. The van der Waals surface area contributed by atoms with Gasteiger partial charge in [0.15, 0.2) is 0 Å². The highest BCUT2D eigenvalue weighted by atomic mass is 32.2. The first-order chi connectivity index (χ1) is 12.5. The molecule has 0 aliphatic heterocycles. The van der Waals surface area contributed by atoms with E-state index in [-0.39, 0.29) is 11.3 Å². The quantitative estimate of drug-likeness (QED) is 0.311. The fraction of sp³-hybridized carbons (Fsp3) is 0.235. The average molecular weight is 386 g/mol. The SMILES string of the molecule is NC(=O)c1ccc(CSc2ncnc3sc4c(c23)CCC4)c([N+](=O)[O-])c1. The van der Waals surface area contributed by atoms with E-state index in [1.54, 1.807) is 23.7 Å². The number of hydrogen-bond acceptors (Lipinski definition) is 7. The first-order valence-corrected chi connectivity index (χ1v) is 9.80. The zero-order chi connectivity index (χ0) is 18.3. The number of amides is 1. The Morgan fingerprint density at radius 2 is 2.19 bits per heavy atom. The van der Waals surface area contributed by atoms with E-state index in [1.807, 2.05) is 0 Å². The van der Waals surface area contributed by atoms with Gasteiger partial charge in [0.2, 0.25) is 5.91 Å². The van der Waals surface area contributed by atoms with Crippen molar-refractivity contribution in [2.24, 2.45) is 5.73 Å². The summed E-state index contributed by atoms with van der Waals surface area (Å²) in [6.45, 7) is 0. The van der Waals surface area contributed by atoms with E-state index in [2.05, 4.69) is 9.97 Å². The van der Waals surface area contributed by atoms with Crippen LogP contribution >= 0.6 is 23.1 Å². The first kappa shape index (κ1) is 16.9. The summed E-state index contributed by atoms with van der Waals surface area (Å²) in [5.41, 5.74) is 7.10. The summed E-state index contributed by atoms with van der Waals surface area (Å²) < 4.78 is 0. The van der Waals surface area contributed by atoms with E-state index in [9.17, 15) is 14.9 Å². The molecule has 1 aromatic carbocycles. The summed E-state index contributed by atoms with van der Waals surface area (Å²) in [6.07, 6.45) is 4.81. The molecule has 2 aromatic heterocycles. The molecule has 0 fully saturated rings.